The van der Waals surface area contributed by atoms with Gasteiger partial charge in [0.15, 0.2) is 0 Å². The molecule has 0 saturated heterocycles. The van der Waals surface area contributed by atoms with Crippen LogP contribution in [0.4, 0.5) is 0 Å². The fourth-order valence-electron chi connectivity index (χ4n) is 2.69. The first-order valence-electron chi connectivity index (χ1n) is 8.27. The highest BCUT2D eigenvalue weighted by Gasteiger charge is 2.20. The Morgan fingerprint density at radius 2 is 1.84 bits per heavy atom. The van der Waals surface area contributed by atoms with Gasteiger partial charge in [-0.05, 0) is 30.7 Å². The Balaban J connectivity index is 1.70. The first-order chi connectivity index (χ1) is 12.1. The molecule has 0 radical (unpaired) electrons. The SMILES string of the molecule is CC(NC(=O)c1ccccc1-n1cccn1)C(O)Cc1ccccc1. The van der Waals surface area contributed by atoms with Crippen LogP contribution in [0.5, 0.6) is 0 Å². The minimum atomic E-state index is -0.664. The topological polar surface area (TPSA) is 67.2 Å². The molecule has 0 bridgehead atoms. The van der Waals surface area contributed by atoms with E-state index in [-0.39, 0.29) is 11.9 Å². The zero-order valence-electron chi connectivity index (χ0n) is 14.0. The molecule has 2 atom stereocenters. The number of nitrogens with one attached hydrogen (secondary N) is 1. The van der Waals surface area contributed by atoms with Gasteiger partial charge in [0.2, 0.25) is 0 Å². The molecule has 0 aliphatic rings. The minimum absolute atomic E-state index is 0.231. The van der Waals surface area contributed by atoms with E-state index in [0.717, 1.165) is 5.56 Å². The van der Waals surface area contributed by atoms with Crippen LogP contribution in [0.3, 0.4) is 0 Å². The van der Waals surface area contributed by atoms with Gasteiger partial charge in [0, 0.05) is 18.8 Å². The molecule has 0 aliphatic heterocycles. The third-order valence-corrected chi connectivity index (χ3v) is 4.12. The first kappa shape index (κ1) is 16.9. The van der Waals surface area contributed by atoms with E-state index in [0.29, 0.717) is 17.7 Å². The van der Waals surface area contributed by atoms with Crippen molar-refractivity contribution < 1.29 is 9.90 Å². The summed E-state index contributed by atoms with van der Waals surface area (Å²) in [6.07, 6.45) is 3.28. The van der Waals surface area contributed by atoms with Crippen molar-refractivity contribution in [2.75, 3.05) is 0 Å². The van der Waals surface area contributed by atoms with Crippen LogP contribution in [0.15, 0.2) is 73.1 Å². The van der Waals surface area contributed by atoms with Crippen molar-refractivity contribution >= 4 is 5.91 Å². The van der Waals surface area contributed by atoms with Gasteiger partial charge in [0.25, 0.3) is 5.91 Å². The van der Waals surface area contributed by atoms with E-state index < -0.39 is 6.10 Å². The molecule has 1 heterocycles. The zero-order chi connectivity index (χ0) is 17.6. The smallest absolute Gasteiger partial charge is 0.253 e. The highest BCUT2D eigenvalue weighted by atomic mass is 16.3. The molecule has 1 amide bonds. The van der Waals surface area contributed by atoms with Crippen LogP contribution in [0.25, 0.3) is 5.69 Å². The van der Waals surface area contributed by atoms with Crippen molar-refractivity contribution in [2.24, 2.45) is 0 Å². The number of benzene rings is 2. The maximum absolute atomic E-state index is 12.7. The highest BCUT2D eigenvalue weighted by Crippen LogP contribution is 2.14. The summed E-state index contributed by atoms with van der Waals surface area (Å²) in [6.45, 7) is 1.81. The van der Waals surface area contributed by atoms with Gasteiger partial charge >= 0.3 is 0 Å². The van der Waals surface area contributed by atoms with E-state index >= 15 is 0 Å². The fourth-order valence-corrected chi connectivity index (χ4v) is 2.69. The molecule has 1 aromatic heterocycles. The van der Waals surface area contributed by atoms with Crippen LogP contribution >= 0.6 is 0 Å². The minimum Gasteiger partial charge on any atom is -0.391 e. The summed E-state index contributed by atoms with van der Waals surface area (Å²) in [6, 6.07) is 18.4. The summed E-state index contributed by atoms with van der Waals surface area (Å²) >= 11 is 0. The molecule has 128 valence electrons. The molecular formula is C20H21N3O2. The van der Waals surface area contributed by atoms with Gasteiger partial charge in [-0.1, -0.05) is 42.5 Å². The average molecular weight is 335 g/mol. The Hall–Kier alpha value is -2.92. The maximum Gasteiger partial charge on any atom is 0.253 e. The zero-order valence-corrected chi connectivity index (χ0v) is 14.0. The Labute approximate surface area is 146 Å². The lowest BCUT2D eigenvalue weighted by molar-refractivity contribution is 0.0851. The van der Waals surface area contributed by atoms with E-state index in [1.165, 1.54) is 0 Å². The summed E-state index contributed by atoms with van der Waals surface area (Å²) in [7, 11) is 0. The third kappa shape index (κ3) is 4.14. The number of hydrogen-bond donors (Lipinski definition) is 2. The number of carbonyl (C=O) groups excluding carboxylic acids is 1. The molecule has 5 heteroatoms. The van der Waals surface area contributed by atoms with Crippen LogP contribution < -0.4 is 5.32 Å². The maximum atomic E-state index is 12.7. The Kier molecular flexibility index (Phi) is 5.26. The summed E-state index contributed by atoms with van der Waals surface area (Å²) in [5.74, 6) is -0.231. The molecule has 25 heavy (non-hydrogen) atoms. The highest BCUT2D eigenvalue weighted by molar-refractivity contribution is 5.97. The number of aromatic nitrogens is 2. The van der Waals surface area contributed by atoms with Crippen LogP contribution in [0, 0.1) is 0 Å². The van der Waals surface area contributed by atoms with Gasteiger partial charge in [-0.25, -0.2) is 4.68 Å². The number of rotatable bonds is 6. The van der Waals surface area contributed by atoms with Crippen LogP contribution in [0.1, 0.15) is 22.8 Å². The predicted octanol–water partition coefficient (Wildman–Crippen LogP) is 2.59. The summed E-state index contributed by atoms with van der Waals surface area (Å²) in [5.41, 5.74) is 2.26. The molecule has 0 saturated carbocycles. The number of aliphatic hydroxyl groups is 1. The molecular weight excluding hydrogens is 314 g/mol. The van der Waals surface area contributed by atoms with E-state index in [1.54, 1.807) is 29.2 Å². The second-order valence-electron chi connectivity index (χ2n) is 5.99. The van der Waals surface area contributed by atoms with Gasteiger partial charge in [0.05, 0.1) is 23.4 Å². The second kappa shape index (κ2) is 7.77. The van der Waals surface area contributed by atoms with Crippen molar-refractivity contribution in [3.05, 3.63) is 84.2 Å². The summed E-state index contributed by atoms with van der Waals surface area (Å²) in [4.78, 5) is 12.7. The summed E-state index contributed by atoms with van der Waals surface area (Å²) in [5, 5.41) is 17.5. The van der Waals surface area contributed by atoms with Gasteiger partial charge in [0.1, 0.15) is 0 Å². The van der Waals surface area contributed by atoms with E-state index in [4.69, 9.17) is 0 Å². The summed E-state index contributed by atoms with van der Waals surface area (Å²) < 4.78 is 1.65. The van der Waals surface area contributed by atoms with Crippen molar-refractivity contribution in [1.29, 1.82) is 0 Å². The molecule has 2 N–H and O–H groups in total. The van der Waals surface area contributed by atoms with Gasteiger partial charge in [-0.3, -0.25) is 4.79 Å². The first-order valence-corrected chi connectivity index (χ1v) is 8.27. The van der Waals surface area contributed by atoms with Crippen molar-refractivity contribution in [3.8, 4) is 5.69 Å². The van der Waals surface area contributed by atoms with Crippen LogP contribution in [-0.2, 0) is 6.42 Å². The fraction of sp³-hybridized carbons (Fsp3) is 0.200. The number of carbonyl (C=O) groups is 1. The molecule has 2 unspecified atom stereocenters. The molecule has 0 aliphatic carbocycles. The monoisotopic (exact) mass is 335 g/mol. The number of aliphatic hydroxyl groups excluding tert-OH is 1. The number of amides is 1. The van der Waals surface area contributed by atoms with E-state index in [1.807, 2.05) is 55.5 Å². The molecule has 0 spiro atoms. The van der Waals surface area contributed by atoms with Crippen molar-refractivity contribution in [1.82, 2.24) is 15.1 Å². The Bertz CT molecular complexity index is 816. The van der Waals surface area contributed by atoms with Crippen molar-refractivity contribution in [2.45, 2.75) is 25.5 Å². The van der Waals surface area contributed by atoms with Gasteiger partial charge in [-0.2, -0.15) is 5.10 Å². The Morgan fingerprint density at radius 3 is 2.56 bits per heavy atom. The van der Waals surface area contributed by atoms with Crippen molar-refractivity contribution in [3.63, 3.8) is 0 Å². The van der Waals surface area contributed by atoms with Gasteiger partial charge < -0.3 is 10.4 Å². The molecule has 3 aromatic rings. The van der Waals surface area contributed by atoms with Gasteiger partial charge in [-0.15, -0.1) is 0 Å². The number of para-hydroxylation sites is 1. The van der Waals surface area contributed by atoms with E-state index in [2.05, 4.69) is 10.4 Å². The standard InChI is InChI=1S/C20H21N3O2/c1-15(19(24)14-16-8-3-2-4-9-16)22-20(25)17-10-5-6-11-18(17)23-13-7-12-21-23/h2-13,15,19,24H,14H2,1H3,(H,22,25). The lowest BCUT2D eigenvalue weighted by atomic mass is 10.0. The lowest BCUT2D eigenvalue weighted by Crippen LogP contribution is -2.42. The third-order valence-electron chi connectivity index (χ3n) is 4.12. The number of hydrogen-bond acceptors (Lipinski definition) is 3. The Morgan fingerprint density at radius 1 is 1.12 bits per heavy atom. The molecule has 5 nitrogen and oxygen atoms in total. The normalized spacial score (nSPS) is 13.2. The second-order valence-corrected chi connectivity index (χ2v) is 5.99. The molecule has 3 rings (SSSR count). The predicted molar refractivity (Wildman–Crippen MR) is 96.6 cm³/mol. The molecule has 2 aromatic carbocycles. The number of nitrogens with zero attached hydrogens (tertiary/aromatic N) is 2. The van der Waals surface area contributed by atoms with Crippen LogP contribution in [-0.4, -0.2) is 32.9 Å². The average Bonchev–Trinajstić information content (AvgIpc) is 3.17. The lowest BCUT2D eigenvalue weighted by Gasteiger charge is -2.21. The quantitative estimate of drug-likeness (QED) is 0.728. The van der Waals surface area contributed by atoms with E-state index in [9.17, 15) is 9.90 Å². The molecule has 0 fully saturated rings. The largest absolute Gasteiger partial charge is 0.391 e. The van der Waals surface area contributed by atoms with Crippen LogP contribution in [0.2, 0.25) is 0 Å².